The van der Waals surface area contributed by atoms with Crippen LogP contribution in [-0.4, -0.2) is 79.4 Å². The zero-order chi connectivity index (χ0) is 26.6. The number of likely N-dealkylation sites (N-methyl/N-ethyl adjacent to an activating group) is 1. The molecule has 204 valence electrons. The molecule has 9 nitrogen and oxygen atoms in total. The zero-order valence-electron chi connectivity index (χ0n) is 22.2. The monoisotopic (exact) mass is 517 g/mol. The van der Waals surface area contributed by atoms with E-state index in [1.807, 2.05) is 51.5 Å². The van der Waals surface area contributed by atoms with Gasteiger partial charge < -0.3 is 34.1 Å². The van der Waals surface area contributed by atoms with Crippen molar-refractivity contribution in [3.05, 3.63) is 30.3 Å². The summed E-state index contributed by atoms with van der Waals surface area (Å²) in [5.41, 5.74) is 0.789. The number of rotatable bonds is 17. The molecule has 3 N–H and O–H groups in total. The third-order valence-electron chi connectivity index (χ3n) is 5.23. The number of nitrogens with zero attached hydrogens (tertiary/aromatic N) is 2. The fourth-order valence-electron chi connectivity index (χ4n) is 3.20. The van der Waals surface area contributed by atoms with Gasteiger partial charge in [0.05, 0.1) is 27.7 Å². The highest BCUT2D eigenvalue weighted by Crippen LogP contribution is 2.29. The summed E-state index contributed by atoms with van der Waals surface area (Å²) in [6.07, 6.45) is 11.4. The van der Waals surface area contributed by atoms with Gasteiger partial charge >= 0.3 is 6.03 Å². The fraction of sp³-hybridized carbons (Fsp3) is 0.720. The van der Waals surface area contributed by atoms with Gasteiger partial charge in [-0.25, -0.2) is 4.79 Å². The Morgan fingerprint density at radius 3 is 2.03 bits per heavy atom. The van der Waals surface area contributed by atoms with Crippen molar-refractivity contribution in [2.24, 2.45) is 0 Å². The number of urea groups is 1. The van der Waals surface area contributed by atoms with Crippen molar-refractivity contribution in [2.45, 2.75) is 64.7 Å². The minimum atomic E-state index is -4.51. The van der Waals surface area contributed by atoms with E-state index >= 15 is 0 Å². The number of unbranched alkanes of at least 4 members (excludes halogenated alkanes) is 8. The van der Waals surface area contributed by atoms with Crippen LogP contribution in [0.1, 0.15) is 64.7 Å². The number of carbonyl (C=O) groups is 1. The molecule has 1 atom stereocenters. The average molecular weight is 518 g/mol. The van der Waals surface area contributed by atoms with Crippen LogP contribution in [0.15, 0.2) is 30.3 Å². The van der Waals surface area contributed by atoms with Crippen molar-refractivity contribution < 1.29 is 33.3 Å². The third kappa shape index (κ3) is 22.7. The maximum Gasteiger partial charge on any atom is 0.321 e. The number of nitrogens with one attached hydrogen (secondary N) is 1. The van der Waals surface area contributed by atoms with Crippen LogP contribution in [0.25, 0.3) is 0 Å². The highest BCUT2D eigenvalue weighted by molar-refractivity contribution is 7.44. The highest BCUT2D eigenvalue weighted by atomic mass is 31.2. The topological polar surface area (TPSA) is 122 Å². The summed E-state index contributed by atoms with van der Waals surface area (Å²) < 4.78 is 14.8. The molecule has 0 spiro atoms. The number of para-hydroxylation sites is 1. The molecule has 0 heterocycles. The van der Waals surface area contributed by atoms with Gasteiger partial charge in [-0.1, -0.05) is 76.5 Å². The van der Waals surface area contributed by atoms with Gasteiger partial charge in [-0.3, -0.25) is 4.57 Å². The first-order chi connectivity index (χ1) is 16.5. The molecule has 1 aromatic rings. The minimum Gasteiger partial charge on any atom is -0.756 e. The molecule has 0 radical (unpaired) electrons. The molecule has 10 heteroatoms. The second kappa shape index (κ2) is 19.7. The van der Waals surface area contributed by atoms with E-state index in [9.17, 15) is 19.4 Å². The summed E-state index contributed by atoms with van der Waals surface area (Å²) in [5.74, 6) is 0. The Morgan fingerprint density at radius 2 is 1.54 bits per heavy atom. The number of quaternary nitrogens is 1. The van der Waals surface area contributed by atoms with Crippen LogP contribution >= 0.6 is 7.82 Å². The van der Waals surface area contributed by atoms with E-state index in [0.29, 0.717) is 24.1 Å². The molecule has 0 aliphatic heterocycles. The molecule has 1 rings (SSSR count). The number of phosphoric ester groups is 1. The van der Waals surface area contributed by atoms with Gasteiger partial charge in [0, 0.05) is 18.8 Å². The van der Waals surface area contributed by atoms with Gasteiger partial charge in [0.15, 0.2) is 0 Å². The van der Waals surface area contributed by atoms with Crippen LogP contribution in [0.5, 0.6) is 0 Å². The number of carbonyl (C=O) groups excluding carboxylic acids is 1. The van der Waals surface area contributed by atoms with Crippen LogP contribution in [0.4, 0.5) is 10.5 Å². The highest BCUT2D eigenvalue weighted by Gasteiger charge is 2.12. The van der Waals surface area contributed by atoms with E-state index in [1.54, 1.807) is 4.90 Å². The average Bonchev–Trinajstić information content (AvgIpc) is 2.76. The van der Waals surface area contributed by atoms with Crippen molar-refractivity contribution in [1.29, 1.82) is 0 Å². The molecule has 0 aromatic heterocycles. The van der Waals surface area contributed by atoms with Crippen LogP contribution < -0.4 is 10.2 Å². The molecule has 0 fully saturated rings. The van der Waals surface area contributed by atoms with Crippen molar-refractivity contribution in [2.75, 3.05) is 59.3 Å². The summed E-state index contributed by atoms with van der Waals surface area (Å²) in [7, 11) is 1.19. The van der Waals surface area contributed by atoms with E-state index in [4.69, 9.17) is 4.89 Å². The van der Waals surface area contributed by atoms with Gasteiger partial charge in [-0.05, 0) is 18.6 Å². The second-order valence-electron chi connectivity index (χ2n) is 9.65. The Kier molecular flexibility index (Phi) is 18.8. The number of amides is 2. The zero-order valence-corrected chi connectivity index (χ0v) is 23.0. The summed E-state index contributed by atoms with van der Waals surface area (Å²) in [6, 6.07) is 9.32. The lowest BCUT2D eigenvalue weighted by Crippen LogP contribution is -2.37. The summed E-state index contributed by atoms with van der Waals surface area (Å²) >= 11 is 0. The molecular formula is C25H48N3O6P. The Balaban J connectivity index is 0.000000883. The lowest BCUT2D eigenvalue weighted by molar-refractivity contribution is -0.870. The largest absolute Gasteiger partial charge is 0.756 e. The van der Waals surface area contributed by atoms with Crippen molar-refractivity contribution in [1.82, 2.24) is 4.90 Å². The maximum absolute atomic E-state index is 12.3. The van der Waals surface area contributed by atoms with Gasteiger partial charge in [0.1, 0.15) is 13.2 Å². The molecule has 1 unspecified atom stereocenters. The van der Waals surface area contributed by atoms with Crippen LogP contribution in [0.3, 0.4) is 0 Å². The normalized spacial score (nSPS) is 12.9. The Hall–Kier alpha value is -1.48. The SMILES string of the molecule is CCCCCCCCCCCN(CCO)C(=O)Nc1ccccc1.C[N+](C)(C)CCOP(=O)([O-])O. The van der Waals surface area contributed by atoms with Gasteiger partial charge in [-0.2, -0.15) is 0 Å². The standard InChI is InChI=1S/C20H34N2O2.C5H14NO4P/c1-2-3-4-5-6-7-8-9-13-16-22(17-18-23)20(24)21-19-14-11-10-12-15-19;1-6(2,3)4-5-10-11(7,8)9/h10-12,14-15,23H,2-9,13,16-18H2,1H3,(H,21,24);4-5H2,1-3H3,(H-,7,8,9). The number of aliphatic hydroxyl groups excluding tert-OH is 1. The molecule has 0 saturated carbocycles. The van der Waals surface area contributed by atoms with E-state index in [0.717, 1.165) is 18.5 Å². The molecule has 35 heavy (non-hydrogen) atoms. The smallest absolute Gasteiger partial charge is 0.321 e. The molecule has 0 aliphatic rings. The van der Waals surface area contributed by atoms with Crippen molar-refractivity contribution in [3.8, 4) is 0 Å². The summed E-state index contributed by atoms with van der Waals surface area (Å²) in [6.45, 7) is 3.88. The molecule has 2 amide bonds. The number of hydrogen-bond acceptors (Lipinski definition) is 5. The summed E-state index contributed by atoms with van der Waals surface area (Å²) in [4.78, 5) is 32.2. The number of anilines is 1. The van der Waals surface area contributed by atoms with E-state index in [2.05, 4.69) is 16.8 Å². The Morgan fingerprint density at radius 1 is 1.00 bits per heavy atom. The fourth-order valence-corrected chi connectivity index (χ4v) is 3.52. The van der Waals surface area contributed by atoms with E-state index in [-0.39, 0.29) is 19.2 Å². The molecule has 0 aliphatic carbocycles. The van der Waals surface area contributed by atoms with Crippen LogP contribution in [0, 0.1) is 0 Å². The van der Waals surface area contributed by atoms with Crippen molar-refractivity contribution >= 4 is 19.5 Å². The van der Waals surface area contributed by atoms with Gasteiger partial charge in [-0.15, -0.1) is 0 Å². The molecule has 0 saturated heterocycles. The number of hydrogen-bond donors (Lipinski definition) is 3. The first-order valence-electron chi connectivity index (χ1n) is 12.7. The van der Waals surface area contributed by atoms with Crippen LogP contribution in [-0.2, 0) is 9.09 Å². The lowest BCUT2D eigenvalue weighted by Gasteiger charge is -2.25. The van der Waals surface area contributed by atoms with E-state index < -0.39 is 7.82 Å². The number of aliphatic hydroxyl groups is 1. The summed E-state index contributed by atoms with van der Waals surface area (Å²) in [5, 5.41) is 12.1. The molecule has 0 bridgehead atoms. The third-order valence-corrected chi connectivity index (χ3v) is 5.74. The Bertz CT molecular complexity index is 694. The van der Waals surface area contributed by atoms with Gasteiger partial charge in [0.2, 0.25) is 0 Å². The minimum absolute atomic E-state index is 0.000359. The molecule has 1 aromatic carbocycles. The molecular weight excluding hydrogens is 469 g/mol. The second-order valence-corrected chi connectivity index (χ2v) is 10.8. The number of benzene rings is 1. The van der Waals surface area contributed by atoms with Gasteiger partial charge in [0.25, 0.3) is 7.82 Å². The predicted molar refractivity (Wildman–Crippen MR) is 140 cm³/mol. The predicted octanol–water partition coefficient (Wildman–Crippen LogP) is 4.21. The van der Waals surface area contributed by atoms with Crippen LogP contribution in [0.2, 0.25) is 0 Å². The first-order valence-corrected chi connectivity index (χ1v) is 14.2. The lowest BCUT2D eigenvalue weighted by atomic mass is 10.1. The Labute approximate surface area is 212 Å². The number of phosphoric acid groups is 1. The van der Waals surface area contributed by atoms with E-state index in [1.165, 1.54) is 44.9 Å². The first kappa shape index (κ1) is 33.5. The quantitative estimate of drug-likeness (QED) is 0.162. The van der Waals surface area contributed by atoms with Crippen molar-refractivity contribution in [3.63, 3.8) is 0 Å². The maximum atomic E-state index is 12.3.